The minimum absolute atomic E-state index is 0.278. The number of hydrogen-bond acceptors (Lipinski definition) is 1. The maximum atomic E-state index is 12.7. The lowest BCUT2D eigenvalue weighted by Crippen LogP contribution is -2.11. The van der Waals surface area contributed by atoms with Crippen LogP contribution in [0.1, 0.15) is 15.9 Å². The Hall–Kier alpha value is -1.82. The molecule has 0 spiro atoms. The van der Waals surface area contributed by atoms with E-state index in [9.17, 15) is 18.0 Å². The van der Waals surface area contributed by atoms with E-state index < -0.39 is 17.6 Å². The molecule has 0 saturated carbocycles. The summed E-state index contributed by atoms with van der Waals surface area (Å²) in [5.74, 6) is -0.604. The molecule has 2 aromatic carbocycles. The zero-order valence-electron chi connectivity index (χ0n) is 10.0. The van der Waals surface area contributed by atoms with Crippen LogP contribution in [0.4, 0.5) is 13.2 Å². The number of carbonyl (C=O) groups is 1. The molecular formula is C14H9BrF3NO. The Morgan fingerprint density at radius 2 is 1.70 bits per heavy atom. The Morgan fingerprint density at radius 3 is 2.25 bits per heavy atom. The number of rotatable bonds is 2. The highest BCUT2D eigenvalue weighted by molar-refractivity contribution is 9.10. The summed E-state index contributed by atoms with van der Waals surface area (Å²) in [7, 11) is 0. The zero-order chi connectivity index (χ0) is 14.9. The van der Waals surface area contributed by atoms with Gasteiger partial charge in [0.25, 0.3) is 0 Å². The highest BCUT2D eigenvalue weighted by Crippen LogP contribution is 2.33. The van der Waals surface area contributed by atoms with E-state index in [0.717, 1.165) is 12.1 Å². The van der Waals surface area contributed by atoms with Gasteiger partial charge in [-0.1, -0.05) is 18.2 Å². The lowest BCUT2D eigenvalue weighted by molar-refractivity contribution is -0.137. The third kappa shape index (κ3) is 3.01. The fourth-order valence-electron chi connectivity index (χ4n) is 1.77. The molecule has 2 nitrogen and oxygen atoms in total. The van der Waals surface area contributed by atoms with E-state index in [2.05, 4.69) is 15.9 Å². The summed E-state index contributed by atoms with van der Waals surface area (Å²) in [6.45, 7) is 0. The van der Waals surface area contributed by atoms with Crippen LogP contribution >= 0.6 is 15.9 Å². The summed E-state index contributed by atoms with van der Waals surface area (Å²) in [5.41, 5.74) is 5.70. The second kappa shape index (κ2) is 5.28. The van der Waals surface area contributed by atoms with E-state index in [4.69, 9.17) is 5.73 Å². The number of alkyl halides is 3. The molecule has 0 unspecified atom stereocenters. The van der Waals surface area contributed by atoms with Gasteiger partial charge in [-0.3, -0.25) is 4.79 Å². The average molecular weight is 344 g/mol. The van der Waals surface area contributed by atoms with Gasteiger partial charge in [0.05, 0.1) is 11.1 Å². The van der Waals surface area contributed by atoms with Crippen LogP contribution in [-0.2, 0) is 6.18 Å². The number of halogens is 4. The maximum Gasteiger partial charge on any atom is 0.416 e. The first-order chi connectivity index (χ1) is 9.29. The molecule has 0 aliphatic heterocycles. The Labute approximate surface area is 121 Å². The molecule has 0 radical (unpaired) electrons. The zero-order valence-corrected chi connectivity index (χ0v) is 11.6. The van der Waals surface area contributed by atoms with Crippen molar-refractivity contribution in [1.82, 2.24) is 0 Å². The standard InChI is InChI=1S/C14H9BrF3NO/c15-12-7-9(4-5-11(12)13(19)20)8-2-1-3-10(6-8)14(16,17)18/h1-7H,(H2,19,20). The van der Waals surface area contributed by atoms with E-state index in [1.54, 1.807) is 18.2 Å². The molecule has 104 valence electrons. The lowest BCUT2D eigenvalue weighted by Gasteiger charge is -2.10. The van der Waals surface area contributed by atoms with Crippen LogP contribution in [0.3, 0.4) is 0 Å². The second-order valence-electron chi connectivity index (χ2n) is 4.14. The minimum atomic E-state index is -4.39. The fourth-order valence-corrected chi connectivity index (χ4v) is 2.34. The summed E-state index contributed by atoms with van der Waals surface area (Å²) in [6.07, 6.45) is -4.39. The van der Waals surface area contributed by atoms with Crippen molar-refractivity contribution < 1.29 is 18.0 Å². The molecule has 0 heterocycles. The van der Waals surface area contributed by atoms with Crippen LogP contribution in [0.5, 0.6) is 0 Å². The minimum Gasteiger partial charge on any atom is -0.366 e. The molecule has 0 aliphatic rings. The van der Waals surface area contributed by atoms with Gasteiger partial charge in [-0.05, 0) is 51.3 Å². The summed E-state index contributed by atoms with van der Waals surface area (Å²) < 4.78 is 38.4. The smallest absolute Gasteiger partial charge is 0.366 e. The van der Waals surface area contributed by atoms with E-state index in [1.165, 1.54) is 12.1 Å². The van der Waals surface area contributed by atoms with Gasteiger partial charge in [-0.2, -0.15) is 13.2 Å². The lowest BCUT2D eigenvalue weighted by atomic mass is 10.0. The Kier molecular flexibility index (Phi) is 3.85. The van der Waals surface area contributed by atoms with Gasteiger partial charge in [-0.15, -0.1) is 0 Å². The van der Waals surface area contributed by atoms with Crippen LogP contribution in [-0.4, -0.2) is 5.91 Å². The predicted octanol–water partition coefficient (Wildman–Crippen LogP) is 4.23. The molecule has 20 heavy (non-hydrogen) atoms. The van der Waals surface area contributed by atoms with Crippen molar-refractivity contribution >= 4 is 21.8 Å². The van der Waals surface area contributed by atoms with Crippen molar-refractivity contribution in [1.29, 1.82) is 0 Å². The van der Waals surface area contributed by atoms with Gasteiger partial charge < -0.3 is 5.73 Å². The van der Waals surface area contributed by atoms with Crippen LogP contribution in [0.15, 0.2) is 46.9 Å². The van der Waals surface area contributed by atoms with E-state index in [1.807, 2.05) is 0 Å². The maximum absolute atomic E-state index is 12.7. The van der Waals surface area contributed by atoms with Crippen molar-refractivity contribution in [2.75, 3.05) is 0 Å². The largest absolute Gasteiger partial charge is 0.416 e. The highest BCUT2D eigenvalue weighted by atomic mass is 79.9. The molecular weight excluding hydrogens is 335 g/mol. The van der Waals surface area contributed by atoms with E-state index in [-0.39, 0.29) is 5.56 Å². The Balaban J connectivity index is 2.47. The monoisotopic (exact) mass is 343 g/mol. The third-order valence-electron chi connectivity index (χ3n) is 2.76. The van der Waals surface area contributed by atoms with Crippen molar-refractivity contribution in [3.8, 4) is 11.1 Å². The average Bonchev–Trinajstić information content (AvgIpc) is 2.37. The van der Waals surface area contributed by atoms with Crippen molar-refractivity contribution in [3.63, 3.8) is 0 Å². The van der Waals surface area contributed by atoms with Crippen LogP contribution in [0, 0.1) is 0 Å². The van der Waals surface area contributed by atoms with Crippen molar-refractivity contribution in [3.05, 3.63) is 58.1 Å². The van der Waals surface area contributed by atoms with Gasteiger partial charge in [-0.25, -0.2) is 0 Å². The molecule has 0 saturated heterocycles. The van der Waals surface area contributed by atoms with E-state index >= 15 is 0 Å². The quantitative estimate of drug-likeness (QED) is 0.870. The Bertz CT molecular complexity index is 668. The molecule has 1 amide bonds. The highest BCUT2D eigenvalue weighted by Gasteiger charge is 2.30. The van der Waals surface area contributed by atoms with Gasteiger partial charge >= 0.3 is 6.18 Å². The van der Waals surface area contributed by atoms with Crippen LogP contribution < -0.4 is 5.73 Å². The number of amides is 1. The predicted molar refractivity (Wildman–Crippen MR) is 73.1 cm³/mol. The van der Waals surface area contributed by atoms with Gasteiger partial charge in [0.15, 0.2) is 0 Å². The number of nitrogens with two attached hydrogens (primary N) is 1. The van der Waals surface area contributed by atoms with Gasteiger partial charge in [0.1, 0.15) is 0 Å². The number of benzene rings is 2. The van der Waals surface area contributed by atoms with Crippen molar-refractivity contribution in [2.45, 2.75) is 6.18 Å². The topological polar surface area (TPSA) is 43.1 Å². The summed E-state index contributed by atoms with van der Waals surface area (Å²) in [4.78, 5) is 11.1. The summed E-state index contributed by atoms with van der Waals surface area (Å²) >= 11 is 3.18. The first-order valence-corrected chi connectivity index (χ1v) is 6.35. The first kappa shape index (κ1) is 14.6. The Morgan fingerprint density at radius 1 is 1.05 bits per heavy atom. The molecule has 6 heteroatoms. The first-order valence-electron chi connectivity index (χ1n) is 5.56. The molecule has 2 rings (SSSR count). The summed E-state index contributed by atoms with van der Waals surface area (Å²) in [6, 6.07) is 9.58. The second-order valence-corrected chi connectivity index (χ2v) is 4.99. The fraction of sp³-hybridized carbons (Fsp3) is 0.0714. The number of hydrogen-bond donors (Lipinski definition) is 1. The van der Waals surface area contributed by atoms with Crippen LogP contribution in [0.2, 0.25) is 0 Å². The molecule has 0 bridgehead atoms. The van der Waals surface area contributed by atoms with Gasteiger partial charge in [0.2, 0.25) is 5.91 Å². The SMILES string of the molecule is NC(=O)c1ccc(-c2cccc(C(F)(F)F)c2)cc1Br. The third-order valence-corrected chi connectivity index (χ3v) is 3.41. The number of carbonyl (C=O) groups excluding carboxylic acids is 1. The molecule has 2 N–H and O–H groups in total. The van der Waals surface area contributed by atoms with E-state index in [0.29, 0.717) is 15.6 Å². The number of primary amides is 1. The molecule has 0 aromatic heterocycles. The molecule has 0 atom stereocenters. The molecule has 2 aromatic rings. The van der Waals surface area contributed by atoms with Gasteiger partial charge in [0, 0.05) is 4.47 Å². The molecule has 0 aliphatic carbocycles. The molecule has 0 fully saturated rings. The van der Waals surface area contributed by atoms with Crippen LogP contribution in [0.25, 0.3) is 11.1 Å². The normalized spacial score (nSPS) is 11.4. The summed E-state index contributed by atoms with van der Waals surface area (Å²) in [5, 5.41) is 0. The van der Waals surface area contributed by atoms with Crippen molar-refractivity contribution in [2.24, 2.45) is 5.73 Å².